The summed E-state index contributed by atoms with van der Waals surface area (Å²) < 4.78 is 0. The Morgan fingerprint density at radius 3 is 2.64 bits per heavy atom. The zero-order valence-corrected chi connectivity index (χ0v) is 8.64. The lowest BCUT2D eigenvalue weighted by atomic mass is 10.0. The summed E-state index contributed by atoms with van der Waals surface area (Å²) in [7, 11) is 0. The number of benzene rings is 1. The highest BCUT2D eigenvalue weighted by atomic mass is 35.5. The molecule has 0 aliphatic heterocycles. The van der Waals surface area contributed by atoms with Crippen molar-refractivity contribution in [3.05, 3.63) is 28.3 Å². The van der Waals surface area contributed by atoms with Crippen LogP contribution in [0.1, 0.15) is 41.6 Å². The average molecular weight is 211 g/mol. The van der Waals surface area contributed by atoms with Gasteiger partial charge in [0.05, 0.1) is 10.6 Å². The van der Waals surface area contributed by atoms with Gasteiger partial charge in [0.25, 0.3) is 0 Å². The monoisotopic (exact) mass is 210 g/mol. The number of phenolic OH excluding ortho intramolecular Hbond substituents is 1. The van der Waals surface area contributed by atoms with E-state index in [1.165, 1.54) is 6.92 Å². The van der Waals surface area contributed by atoms with Crippen LogP contribution in [0.2, 0.25) is 5.02 Å². The molecule has 0 aromatic heterocycles. The standard InChI is InChI=1S/C11H11ClO2/c1-6(13)8-4-5-9(7-2-3-7)10(12)11(8)14/h4-5,7,14H,2-3H2,1H3. The van der Waals surface area contributed by atoms with Crippen molar-refractivity contribution < 1.29 is 9.90 Å². The molecule has 0 unspecified atom stereocenters. The topological polar surface area (TPSA) is 37.3 Å². The lowest BCUT2D eigenvalue weighted by Gasteiger charge is -2.07. The van der Waals surface area contributed by atoms with Crippen LogP contribution >= 0.6 is 11.6 Å². The van der Waals surface area contributed by atoms with E-state index in [9.17, 15) is 9.90 Å². The SMILES string of the molecule is CC(=O)c1ccc(C2CC2)c(Cl)c1O. The summed E-state index contributed by atoms with van der Waals surface area (Å²) in [6.07, 6.45) is 2.25. The number of ketones is 1. The van der Waals surface area contributed by atoms with E-state index < -0.39 is 0 Å². The van der Waals surface area contributed by atoms with E-state index >= 15 is 0 Å². The number of rotatable bonds is 2. The molecule has 3 heteroatoms. The van der Waals surface area contributed by atoms with Crippen LogP contribution in [-0.2, 0) is 0 Å². The summed E-state index contributed by atoms with van der Waals surface area (Å²) in [5.41, 5.74) is 1.27. The van der Waals surface area contributed by atoms with Gasteiger partial charge in [-0.25, -0.2) is 0 Å². The summed E-state index contributed by atoms with van der Waals surface area (Å²) in [5, 5.41) is 10.0. The average Bonchev–Trinajstić information content (AvgIpc) is 2.92. The third-order valence-corrected chi connectivity index (χ3v) is 2.94. The summed E-state index contributed by atoms with van der Waals surface area (Å²) >= 11 is 5.98. The van der Waals surface area contributed by atoms with Crippen molar-refractivity contribution in [2.75, 3.05) is 0 Å². The second-order valence-electron chi connectivity index (χ2n) is 3.70. The number of carbonyl (C=O) groups is 1. The van der Waals surface area contributed by atoms with Crippen molar-refractivity contribution in [3.63, 3.8) is 0 Å². The van der Waals surface area contributed by atoms with Crippen LogP contribution in [0.5, 0.6) is 5.75 Å². The van der Waals surface area contributed by atoms with Crippen LogP contribution in [0.15, 0.2) is 12.1 Å². The van der Waals surface area contributed by atoms with Gasteiger partial charge < -0.3 is 5.11 Å². The molecule has 1 aromatic carbocycles. The summed E-state index contributed by atoms with van der Waals surface area (Å²) in [4.78, 5) is 11.1. The van der Waals surface area contributed by atoms with Crippen molar-refractivity contribution in [1.29, 1.82) is 0 Å². The van der Waals surface area contributed by atoms with Gasteiger partial charge in [0.1, 0.15) is 5.75 Å². The van der Waals surface area contributed by atoms with Crippen LogP contribution in [0, 0.1) is 0 Å². The van der Waals surface area contributed by atoms with Crippen LogP contribution in [0.4, 0.5) is 0 Å². The van der Waals surface area contributed by atoms with Gasteiger partial charge in [-0.1, -0.05) is 17.7 Å². The maximum atomic E-state index is 11.1. The first-order valence-electron chi connectivity index (χ1n) is 4.63. The zero-order chi connectivity index (χ0) is 10.3. The molecule has 2 rings (SSSR count). The number of carbonyl (C=O) groups excluding carboxylic acids is 1. The Morgan fingerprint density at radius 2 is 2.14 bits per heavy atom. The Balaban J connectivity index is 2.50. The molecule has 0 bridgehead atoms. The Hall–Kier alpha value is -1.02. The quantitative estimate of drug-likeness (QED) is 0.762. The molecule has 0 radical (unpaired) electrons. The highest BCUT2D eigenvalue weighted by molar-refractivity contribution is 6.33. The van der Waals surface area contributed by atoms with E-state index in [0.29, 0.717) is 16.5 Å². The Morgan fingerprint density at radius 1 is 1.50 bits per heavy atom. The Kier molecular flexibility index (Phi) is 2.23. The Bertz CT molecular complexity index is 395. The fourth-order valence-corrected chi connectivity index (χ4v) is 1.89. The van der Waals surface area contributed by atoms with Crippen molar-refractivity contribution >= 4 is 17.4 Å². The van der Waals surface area contributed by atoms with E-state index in [2.05, 4.69) is 0 Å². The number of hydrogen-bond acceptors (Lipinski definition) is 2. The van der Waals surface area contributed by atoms with Gasteiger partial charge in [0.15, 0.2) is 5.78 Å². The van der Waals surface area contributed by atoms with E-state index in [4.69, 9.17) is 11.6 Å². The fourth-order valence-electron chi connectivity index (χ4n) is 1.57. The maximum absolute atomic E-state index is 11.1. The first kappa shape index (κ1) is 9.53. The fraction of sp³-hybridized carbons (Fsp3) is 0.364. The van der Waals surface area contributed by atoms with Gasteiger partial charge in [-0.05, 0) is 37.3 Å². The van der Waals surface area contributed by atoms with Gasteiger partial charge in [-0.15, -0.1) is 0 Å². The van der Waals surface area contributed by atoms with Crippen LogP contribution < -0.4 is 0 Å². The molecule has 1 saturated carbocycles. The second kappa shape index (κ2) is 3.28. The number of halogens is 1. The van der Waals surface area contributed by atoms with Crippen molar-refractivity contribution in [2.45, 2.75) is 25.7 Å². The van der Waals surface area contributed by atoms with Gasteiger partial charge in [-0.3, -0.25) is 4.79 Å². The lowest BCUT2D eigenvalue weighted by Crippen LogP contribution is -1.95. The van der Waals surface area contributed by atoms with Gasteiger partial charge in [-0.2, -0.15) is 0 Å². The molecule has 0 atom stereocenters. The molecular formula is C11H11ClO2. The van der Waals surface area contributed by atoms with E-state index in [0.717, 1.165) is 18.4 Å². The molecule has 0 spiro atoms. The van der Waals surface area contributed by atoms with E-state index in [1.54, 1.807) is 6.07 Å². The minimum absolute atomic E-state index is 0.0661. The molecule has 1 fully saturated rings. The molecule has 1 N–H and O–H groups in total. The smallest absolute Gasteiger partial charge is 0.163 e. The van der Waals surface area contributed by atoms with Crippen LogP contribution in [0.3, 0.4) is 0 Å². The van der Waals surface area contributed by atoms with Crippen molar-refractivity contribution in [1.82, 2.24) is 0 Å². The first-order valence-corrected chi connectivity index (χ1v) is 5.01. The molecule has 14 heavy (non-hydrogen) atoms. The molecular weight excluding hydrogens is 200 g/mol. The third-order valence-electron chi connectivity index (χ3n) is 2.54. The third kappa shape index (κ3) is 1.50. The molecule has 0 heterocycles. The van der Waals surface area contributed by atoms with E-state index in [1.807, 2.05) is 6.07 Å². The number of aromatic hydroxyl groups is 1. The Labute approximate surface area is 87.5 Å². The summed E-state index contributed by atoms with van der Waals surface area (Å²) in [6.45, 7) is 1.42. The van der Waals surface area contributed by atoms with Gasteiger partial charge >= 0.3 is 0 Å². The molecule has 0 saturated heterocycles. The predicted octanol–water partition coefficient (Wildman–Crippen LogP) is 3.13. The van der Waals surface area contributed by atoms with Crippen LogP contribution in [0.25, 0.3) is 0 Å². The maximum Gasteiger partial charge on any atom is 0.163 e. The van der Waals surface area contributed by atoms with Crippen molar-refractivity contribution in [2.24, 2.45) is 0 Å². The van der Waals surface area contributed by atoms with Gasteiger partial charge in [0.2, 0.25) is 0 Å². The van der Waals surface area contributed by atoms with Crippen molar-refractivity contribution in [3.8, 4) is 5.75 Å². The number of Topliss-reactive ketones (excluding diaryl/α,β-unsaturated/α-hetero) is 1. The summed E-state index contributed by atoms with van der Waals surface area (Å²) in [6, 6.07) is 3.49. The van der Waals surface area contributed by atoms with Crippen LogP contribution in [-0.4, -0.2) is 10.9 Å². The molecule has 1 aliphatic rings. The predicted molar refractivity (Wildman–Crippen MR) is 55.1 cm³/mol. The summed E-state index contributed by atoms with van der Waals surface area (Å²) in [5.74, 6) is 0.254. The zero-order valence-electron chi connectivity index (χ0n) is 7.88. The normalized spacial score (nSPS) is 15.6. The molecule has 0 amide bonds. The van der Waals surface area contributed by atoms with Gasteiger partial charge in [0, 0.05) is 0 Å². The minimum atomic E-state index is -0.160. The lowest BCUT2D eigenvalue weighted by molar-refractivity contribution is 0.101. The van der Waals surface area contributed by atoms with E-state index in [-0.39, 0.29) is 11.5 Å². The second-order valence-corrected chi connectivity index (χ2v) is 4.07. The molecule has 2 nitrogen and oxygen atoms in total. The molecule has 1 aromatic rings. The largest absolute Gasteiger partial charge is 0.506 e. The highest BCUT2D eigenvalue weighted by Gasteiger charge is 2.27. The number of hydrogen-bond donors (Lipinski definition) is 1. The minimum Gasteiger partial charge on any atom is -0.506 e. The first-order chi connectivity index (χ1) is 6.61. The highest BCUT2D eigenvalue weighted by Crippen LogP contribution is 2.46. The molecule has 74 valence electrons. The number of phenols is 1. The molecule has 1 aliphatic carbocycles.